The van der Waals surface area contributed by atoms with Crippen molar-refractivity contribution in [3.63, 3.8) is 0 Å². The Labute approximate surface area is 102 Å². The molecule has 0 saturated carbocycles. The molecule has 0 saturated heterocycles. The van der Waals surface area contributed by atoms with E-state index in [1.54, 1.807) is 0 Å². The highest BCUT2D eigenvalue weighted by molar-refractivity contribution is 5.90. The van der Waals surface area contributed by atoms with Crippen molar-refractivity contribution in [2.45, 2.75) is 13.1 Å². The zero-order valence-corrected chi connectivity index (χ0v) is 9.64. The minimum Gasteiger partial charge on any atom is -0.395 e. The van der Waals surface area contributed by atoms with Crippen molar-refractivity contribution in [3.05, 3.63) is 29.3 Å². The Morgan fingerprint density at radius 2 is 2.06 bits per heavy atom. The minimum absolute atomic E-state index is 0.0316. The number of alkyl halides is 3. The molecule has 0 aromatic heterocycles. The molecule has 0 bridgehead atoms. The number of carbonyl (C=O) groups excluding carboxylic acids is 1. The third-order valence-electron chi connectivity index (χ3n) is 2.28. The maximum absolute atomic E-state index is 12.6. The van der Waals surface area contributed by atoms with Crippen molar-refractivity contribution in [2.75, 3.05) is 18.5 Å². The predicted molar refractivity (Wildman–Crippen MR) is 60.3 cm³/mol. The molecule has 1 aromatic rings. The van der Waals surface area contributed by atoms with Gasteiger partial charge in [-0.15, -0.1) is 0 Å². The molecule has 4 nitrogen and oxygen atoms in total. The number of carbonyl (C=O) groups is 1. The topological polar surface area (TPSA) is 61.4 Å². The van der Waals surface area contributed by atoms with E-state index >= 15 is 0 Å². The van der Waals surface area contributed by atoms with Crippen LogP contribution in [-0.2, 0) is 6.18 Å². The van der Waals surface area contributed by atoms with E-state index < -0.39 is 17.8 Å². The third kappa shape index (κ3) is 3.63. The molecule has 0 atom stereocenters. The van der Waals surface area contributed by atoms with Crippen LogP contribution in [-0.4, -0.2) is 24.3 Å². The number of anilines is 1. The van der Waals surface area contributed by atoms with Gasteiger partial charge in [-0.3, -0.25) is 0 Å². The zero-order valence-electron chi connectivity index (χ0n) is 9.64. The Morgan fingerprint density at radius 1 is 1.39 bits per heavy atom. The fraction of sp³-hybridized carbons (Fsp3) is 0.364. The number of hydrogen-bond donors (Lipinski definition) is 3. The fourth-order valence-corrected chi connectivity index (χ4v) is 1.41. The second kappa shape index (κ2) is 5.72. The molecule has 3 N–H and O–H groups in total. The molecule has 0 radical (unpaired) electrons. The van der Waals surface area contributed by atoms with Crippen molar-refractivity contribution in [1.82, 2.24) is 5.32 Å². The number of aliphatic hydroxyl groups excluding tert-OH is 1. The Balaban J connectivity index is 2.88. The number of aliphatic hydroxyl groups is 1. The smallest absolute Gasteiger partial charge is 0.395 e. The van der Waals surface area contributed by atoms with Crippen molar-refractivity contribution >= 4 is 11.7 Å². The first-order chi connectivity index (χ1) is 8.36. The van der Waals surface area contributed by atoms with E-state index in [9.17, 15) is 18.0 Å². The summed E-state index contributed by atoms with van der Waals surface area (Å²) in [7, 11) is 0. The summed E-state index contributed by atoms with van der Waals surface area (Å²) in [5.41, 5.74) is -0.758. The van der Waals surface area contributed by atoms with Gasteiger partial charge >= 0.3 is 12.2 Å². The van der Waals surface area contributed by atoms with Crippen LogP contribution in [0.15, 0.2) is 18.2 Å². The Kier molecular flexibility index (Phi) is 4.55. The highest BCUT2D eigenvalue weighted by Gasteiger charge is 2.32. The summed E-state index contributed by atoms with van der Waals surface area (Å²) in [4.78, 5) is 11.3. The molecule has 0 aliphatic heterocycles. The number of hydrogen-bond acceptors (Lipinski definition) is 2. The second-order valence-corrected chi connectivity index (χ2v) is 3.58. The molecule has 0 heterocycles. The maximum Gasteiger partial charge on any atom is 0.416 e. The van der Waals surface area contributed by atoms with Gasteiger partial charge in [0.2, 0.25) is 0 Å². The highest BCUT2D eigenvalue weighted by Crippen LogP contribution is 2.34. The minimum atomic E-state index is -4.46. The number of benzene rings is 1. The van der Waals surface area contributed by atoms with E-state index in [1.807, 2.05) is 0 Å². The van der Waals surface area contributed by atoms with Gasteiger partial charge in [-0.05, 0) is 24.6 Å². The predicted octanol–water partition coefficient (Wildman–Crippen LogP) is 2.13. The number of nitrogens with one attached hydrogen (secondary N) is 2. The first-order valence-corrected chi connectivity index (χ1v) is 5.18. The lowest BCUT2D eigenvalue weighted by Crippen LogP contribution is -2.31. The number of urea groups is 1. The first kappa shape index (κ1) is 14.3. The summed E-state index contributed by atoms with van der Waals surface area (Å²) in [6.07, 6.45) is -4.46. The van der Waals surface area contributed by atoms with E-state index in [2.05, 4.69) is 10.6 Å². The Hall–Kier alpha value is -1.76. The Bertz CT molecular complexity index is 433. The van der Waals surface area contributed by atoms with Crippen molar-refractivity contribution in [1.29, 1.82) is 0 Å². The fourth-order valence-electron chi connectivity index (χ4n) is 1.41. The molecule has 1 aromatic carbocycles. The molecule has 0 unspecified atom stereocenters. The highest BCUT2D eigenvalue weighted by atomic mass is 19.4. The van der Waals surface area contributed by atoms with Gasteiger partial charge in [0, 0.05) is 12.2 Å². The molecule has 0 aliphatic rings. The van der Waals surface area contributed by atoms with Crippen LogP contribution in [0, 0.1) is 6.92 Å². The molecular formula is C11H13F3N2O2. The van der Waals surface area contributed by atoms with Gasteiger partial charge in [0.15, 0.2) is 0 Å². The van der Waals surface area contributed by atoms with Gasteiger partial charge in [0.25, 0.3) is 0 Å². The van der Waals surface area contributed by atoms with Crippen molar-refractivity contribution in [2.24, 2.45) is 0 Å². The number of amides is 2. The SMILES string of the molecule is Cc1c(NC(=O)NCCO)cccc1C(F)(F)F. The van der Waals surface area contributed by atoms with Crippen LogP contribution in [0.4, 0.5) is 23.7 Å². The summed E-state index contributed by atoms with van der Waals surface area (Å²) in [5, 5.41) is 13.1. The van der Waals surface area contributed by atoms with Gasteiger partial charge in [-0.25, -0.2) is 4.79 Å². The van der Waals surface area contributed by atoms with Crippen LogP contribution in [0.5, 0.6) is 0 Å². The first-order valence-electron chi connectivity index (χ1n) is 5.18. The molecule has 18 heavy (non-hydrogen) atoms. The van der Waals surface area contributed by atoms with Gasteiger partial charge in [-0.2, -0.15) is 13.2 Å². The average molecular weight is 262 g/mol. The van der Waals surface area contributed by atoms with E-state index in [4.69, 9.17) is 5.11 Å². The van der Waals surface area contributed by atoms with Gasteiger partial charge < -0.3 is 15.7 Å². The van der Waals surface area contributed by atoms with E-state index in [1.165, 1.54) is 19.1 Å². The lowest BCUT2D eigenvalue weighted by molar-refractivity contribution is -0.138. The third-order valence-corrected chi connectivity index (χ3v) is 2.28. The zero-order chi connectivity index (χ0) is 13.8. The maximum atomic E-state index is 12.6. The van der Waals surface area contributed by atoms with E-state index in [0.29, 0.717) is 0 Å². The van der Waals surface area contributed by atoms with Gasteiger partial charge in [-0.1, -0.05) is 6.07 Å². The van der Waals surface area contributed by atoms with Crippen LogP contribution in [0.25, 0.3) is 0 Å². The summed E-state index contributed by atoms with van der Waals surface area (Å²) in [5.74, 6) is 0. The molecule has 0 spiro atoms. The van der Waals surface area contributed by atoms with Crippen LogP contribution in [0.2, 0.25) is 0 Å². The lowest BCUT2D eigenvalue weighted by Gasteiger charge is -2.14. The molecule has 0 aliphatic carbocycles. The van der Waals surface area contributed by atoms with Crippen molar-refractivity contribution in [3.8, 4) is 0 Å². The van der Waals surface area contributed by atoms with Gasteiger partial charge in [0.05, 0.1) is 12.2 Å². The molecule has 7 heteroatoms. The van der Waals surface area contributed by atoms with Crippen LogP contribution < -0.4 is 10.6 Å². The molecule has 1 rings (SSSR count). The van der Waals surface area contributed by atoms with E-state index in [0.717, 1.165) is 6.07 Å². The largest absolute Gasteiger partial charge is 0.416 e. The summed E-state index contributed by atoms with van der Waals surface area (Å²) in [6.45, 7) is 1.07. The molecule has 100 valence electrons. The standard InChI is InChI=1S/C11H13F3N2O2/c1-7-8(11(12,13)14)3-2-4-9(7)16-10(18)15-5-6-17/h2-4,17H,5-6H2,1H3,(H2,15,16,18). The normalized spacial score (nSPS) is 11.2. The van der Waals surface area contributed by atoms with Crippen molar-refractivity contribution < 1.29 is 23.1 Å². The number of rotatable bonds is 3. The second-order valence-electron chi connectivity index (χ2n) is 3.58. The van der Waals surface area contributed by atoms with E-state index in [-0.39, 0.29) is 24.4 Å². The van der Waals surface area contributed by atoms with Gasteiger partial charge in [0.1, 0.15) is 0 Å². The quantitative estimate of drug-likeness (QED) is 0.781. The Morgan fingerprint density at radius 3 is 2.61 bits per heavy atom. The van der Waals surface area contributed by atoms with Crippen LogP contribution in [0.3, 0.4) is 0 Å². The molecule has 0 fully saturated rings. The van der Waals surface area contributed by atoms with Crippen LogP contribution in [0.1, 0.15) is 11.1 Å². The summed E-state index contributed by atoms with van der Waals surface area (Å²) >= 11 is 0. The number of halogens is 3. The summed E-state index contributed by atoms with van der Waals surface area (Å²) < 4.78 is 37.8. The molecule has 2 amide bonds. The average Bonchev–Trinajstić information content (AvgIpc) is 2.27. The monoisotopic (exact) mass is 262 g/mol. The molecular weight excluding hydrogens is 249 g/mol. The summed E-state index contributed by atoms with van der Waals surface area (Å²) in [6, 6.07) is 2.89. The lowest BCUT2D eigenvalue weighted by atomic mass is 10.1. The van der Waals surface area contributed by atoms with Crippen LogP contribution >= 0.6 is 0 Å².